The van der Waals surface area contributed by atoms with E-state index in [0.717, 1.165) is 18.4 Å². The molecule has 0 aromatic carbocycles. The Morgan fingerprint density at radius 1 is 1.31 bits per heavy atom. The molecule has 0 atom stereocenters. The molecule has 0 aliphatic carbocycles. The minimum Gasteiger partial charge on any atom is -0.444 e. The number of nitrogens with zero attached hydrogens (tertiary/aromatic N) is 4. The van der Waals surface area contributed by atoms with Crippen LogP contribution < -0.4 is 5.32 Å². The summed E-state index contributed by atoms with van der Waals surface area (Å²) in [6.07, 6.45) is 4.88. The molecule has 140 valence electrons. The predicted molar refractivity (Wildman–Crippen MR) is 95.2 cm³/mol. The molecular formula is C18H25N5O3. The summed E-state index contributed by atoms with van der Waals surface area (Å²) >= 11 is 0. The van der Waals surface area contributed by atoms with E-state index >= 15 is 0 Å². The molecule has 0 spiro atoms. The van der Waals surface area contributed by atoms with Crippen LogP contribution in [-0.2, 0) is 11.3 Å². The Labute approximate surface area is 152 Å². The highest BCUT2D eigenvalue weighted by atomic mass is 16.6. The zero-order chi connectivity index (χ0) is 18.6. The Hall–Kier alpha value is -2.48. The first-order valence-electron chi connectivity index (χ1n) is 8.85. The van der Waals surface area contributed by atoms with Crippen LogP contribution in [0.3, 0.4) is 0 Å². The fourth-order valence-electron chi connectivity index (χ4n) is 2.77. The second-order valence-electron chi connectivity index (χ2n) is 7.37. The molecule has 1 amide bonds. The van der Waals surface area contributed by atoms with E-state index < -0.39 is 5.60 Å². The van der Waals surface area contributed by atoms with Crippen molar-refractivity contribution in [2.45, 2.75) is 51.8 Å². The maximum Gasteiger partial charge on any atom is 0.410 e. The quantitative estimate of drug-likeness (QED) is 0.897. The lowest BCUT2D eigenvalue weighted by Gasteiger charge is -2.33. The third-order valence-electron chi connectivity index (χ3n) is 4.10. The fourth-order valence-corrected chi connectivity index (χ4v) is 2.77. The van der Waals surface area contributed by atoms with Crippen molar-refractivity contribution in [3.05, 3.63) is 30.4 Å². The zero-order valence-electron chi connectivity index (χ0n) is 15.4. The van der Waals surface area contributed by atoms with Crippen molar-refractivity contribution < 1.29 is 14.1 Å². The van der Waals surface area contributed by atoms with Crippen molar-refractivity contribution in [1.82, 2.24) is 25.3 Å². The number of carbonyl (C=O) groups is 1. The van der Waals surface area contributed by atoms with Gasteiger partial charge in [-0.3, -0.25) is 4.98 Å². The molecule has 1 saturated heterocycles. The van der Waals surface area contributed by atoms with Crippen molar-refractivity contribution in [3.8, 4) is 11.4 Å². The van der Waals surface area contributed by atoms with Crippen molar-refractivity contribution >= 4 is 6.09 Å². The molecule has 3 heterocycles. The van der Waals surface area contributed by atoms with Gasteiger partial charge in [0, 0.05) is 37.1 Å². The third kappa shape index (κ3) is 5.01. The molecule has 8 heteroatoms. The molecular weight excluding hydrogens is 334 g/mol. The number of pyridine rings is 1. The normalized spacial score (nSPS) is 15.9. The van der Waals surface area contributed by atoms with Crippen LogP contribution in [0.15, 0.2) is 29.0 Å². The van der Waals surface area contributed by atoms with E-state index in [-0.39, 0.29) is 6.09 Å². The fraction of sp³-hybridized carbons (Fsp3) is 0.556. The van der Waals surface area contributed by atoms with E-state index in [2.05, 4.69) is 20.4 Å². The molecule has 0 bridgehead atoms. The second-order valence-corrected chi connectivity index (χ2v) is 7.37. The molecule has 1 aliphatic rings. The standard InChI is InChI=1S/C18H25N5O3/c1-18(2,3)25-17(24)23-10-6-14(7-11-23)20-12-15-21-16(22-26-15)13-4-8-19-9-5-13/h4-5,8-9,14,20H,6-7,10-12H2,1-3H3. The molecule has 8 nitrogen and oxygen atoms in total. The van der Waals surface area contributed by atoms with Crippen molar-refractivity contribution in [2.24, 2.45) is 0 Å². The van der Waals surface area contributed by atoms with Gasteiger partial charge in [0.1, 0.15) is 5.60 Å². The van der Waals surface area contributed by atoms with Crippen LogP contribution in [0.5, 0.6) is 0 Å². The van der Waals surface area contributed by atoms with Gasteiger partial charge in [-0.2, -0.15) is 4.98 Å². The van der Waals surface area contributed by atoms with Crippen LogP contribution in [0.1, 0.15) is 39.5 Å². The van der Waals surface area contributed by atoms with Gasteiger partial charge in [0.15, 0.2) is 0 Å². The van der Waals surface area contributed by atoms with Gasteiger partial charge < -0.3 is 19.5 Å². The van der Waals surface area contributed by atoms with E-state index in [0.29, 0.717) is 37.4 Å². The number of aromatic nitrogens is 3. The first-order chi connectivity index (χ1) is 12.4. The minimum absolute atomic E-state index is 0.241. The summed E-state index contributed by atoms with van der Waals surface area (Å²) in [4.78, 5) is 22.2. The summed E-state index contributed by atoms with van der Waals surface area (Å²) in [5.41, 5.74) is 0.414. The number of hydrogen-bond donors (Lipinski definition) is 1. The van der Waals surface area contributed by atoms with Crippen molar-refractivity contribution in [3.63, 3.8) is 0 Å². The number of nitrogens with one attached hydrogen (secondary N) is 1. The zero-order valence-corrected chi connectivity index (χ0v) is 15.4. The number of piperidine rings is 1. The smallest absolute Gasteiger partial charge is 0.410 e. The highest BCUT2D eigenvalue weighted by molar-refractivity contribution is 5.68. The van der Waals surface area contributed by atoms with Gasteiger partial charge in [-0.1, -0.05) is 5.16 Å². The Bertz CT molecular complexity index is 718. The molecule has 0 unspecified atom stereocenters. The molecule has 0 radical (unpaired) electrons. The number of ether oxygens (including phenoxy) is 1. The molecule has 3 rings (SSSR count). The largest absolute Gasteiger partial charge is 0.444 e. The topological polar surface area (TPSA) is 93.4 Å². The van der Waals surface area contributed by atoms with Gasteiger partial charge in [0.05, 0.1) is 6.54 Å². The van der Waals surface area contributed by atoms with E-state index in [9.17, 15) is 4.79 Å². The van der Waals surface area contributed by atoms with E-state index in [1.165, 1.54) is 0 Å². The van der Waals surface area contributed by atoms with Crippen LogP contribution >= 0.6 is 0 Å². The molecule has 2 aromatic heterocycles. The average Bonchev–Trinajstić information content (AvgIpc) is 3.09. The van der Waals surface area contributed by atoms with E-state index in [4.69, 9.17) is 9.26 Å². The Balaban J connectivity index is 1.44. The number of carbonyl (C=O) groups excluding carboxylic acids is 1. The first-order valence-corrected chi connectivity index (χ1v) is 8.85. The van der Waals surface area contributed by atoms with Crippen LogP contribution in [-0.4, -0.2) is 50.9 Å². The Morgan fingerprint density at radius 3 is 2.65 bits per heavy atom. The summed E-state index contributed by atoms with van der Waals surface area (Å²) in [5, 5.41) is 7.42. The van der Waals surface area contributed by atoms with Crippen LogP contribution in [0.4, 0.5) is 4.79 Å². The SMILES string of the molecule is CC(C)(C)OC(=O)N1CCC(NCc2nc(-c3ccncc3)no2)CC1. The Kier molecular flexibility index (Phi) is 5.51. The van der Waals surface area contributed by atoms with Crippen LogP contribution in [0, 0.1) is 0 Å². The number of amides is 1. The lowest BCUT2D eigenvalue weighted by atomic mass is 10.1. The maximum atomic E-state index is 12.1. The number of likely N-dealkylation sites (tertiary alicyclic amines) is 1. The van der Waals surface area contributed by atoms with E-state index in [1.807, 2.05) is 32.9 Å². The molecule has 26 heavy (non-hydrogen) atoms. The minimum atomic E-state index is -0.462. The summed E-state index contributed by atoms with van der Waals surface area (Å²) in [6, 6.07) is 3.99. The summed E-state index contributed by atoms with van der Waals surface area (Å²) in [6.45, 7) is 7.50. The summed E-state index contributed by atoms with van der Waals surface area (Å²) in [7, 11) is 0. The molecule has 2 aromatic rings. The highest BCUT2D eigenvalue weighted by Crippen LogP contribution is 2.17. The second kappa shape index (κ2) is 7.82. The van der Waals surface area contributed by atoms with E-state index in [1.54, 1.807) is 17.3 Å². The first kappa shape index (κ1) is 18.3. The van der Waals surface area contributed by atoms with Gasteiger partial charge in [-0.25, -0.2) is 4.79 Å². The monoisotopic (exact) mass is 359 g/mol. The third-order valence-corrected chi connectivity index (χ3v) is 4.10. The lowest BCUT2D eigenvalue weighted by Crippen LogP contribution is -2.46. The maximum absolute atomic E-state index is 12.1. The summed E-state index contributed by atoms with van der Waals surface area (Å²) < 4.78 is 10.7. The van der Waals surface area contributed by atoms with Gasteiger partial charge in [0.2, 0.25) is 11.7 Å². The predicted octanol–water partition coefficient (Wildman–Crippen LogP) is 2.62. The number of rotatable bonds is 4. The summed E-state index contributed by atoms with van der Waals surface area (Å²) in [5.74, 6) is 1.11. The van der Waals surface area contributed by atoms with Crippen LogP contribution in [0.2, 0.25) is 0 Å². The number of hydrogen-bond acceptors (Lipinski definition) is 7. The van der Waals surface area contributed by atoms with Gasteiger partial charge in [-0.05, 0) is 45.7 Å². The van der Waals surface area contributed by atoms with Crippen molar-refractivity contribution in [2.75, 3.05) is 13.1 Å². The average molecular weight is 359 g/mol. The molecule has 1 fully saturated rings. The van der Waals surface area contributed by atoms with Crippen molar-refractivity contribution in [1.29, 1.82) is 0 Å². The Morgan fingerprint density at radius 2 is 2.00 bits per heavy atom. The lowest BCUT2D eigenvalue weighted by molar-refractivity contribution is 0.0197. The molecule has 1 aliphatic heterocycles. The molecule has 0 saturated carbocycles. The molecule has 1 N–H and O–H groups in total. The van der Waals surface area contributed by atoms with Crippen LogP contribution in [0.25, 0.3) is 11.4 Å². The van der Waals surface area contributed by atoms with Gasteiger partial charge in [0.25, 0.3) is 0 Å². The van der Waals surface area contributed by atoms with Gasteiger partial charge >= 0.3 is 6.09 Å². The van der Waals surface area contributed by atoms with Gasteiger partial charge in [-0.15, -0.1) is 0 Å². The highest BCUT2D eigenvalue weighted by Gasteiger charge is 2.26.